The van der Waals surface area contributed by atoms with Gasteiger partial charge in [-0.25, -0.2) is 0 Å². The molecule has 0 atom stereocenters. The quantitative estimate of drug-likeness (QED) is 0.0684. The number of carbonyl (C=O) groups excluding carboxylic acids is 1. The summed E-state index contributed by atoms with van der Waals surface area (Å²) in [6.07, 6.45) is 7.38. The molecule has 0 unspecified atom stereocenters. The normalized spacial score (nSPS) is 11.0. The molecule has 0 aliphatic carbocycles. The van der Waals surface area contributed by atoms with Crippen LogP contribution in [0.15, 0.2) is 24.3 Å². The highest BCUT2D eigenvalue weighted by atomic mass is 16.6. The number of benzene rings is 1. The number of nitrogens with zero attached hydrogens (tertiary/aromatic N) is 1. The molecular formula is C27H45NO10. The second kappa shape index (κ2) is 25.0. The van der Waals surface area contributed by atoms with Crippen LogP contribution in [0, 0.1) is 10.1 Å². The van der Waals surface area contributed by atoms with E-state index >= 15 is 0 Å². The van der Waals surface area contributed by atoms with Gasteiger partial charge in [0.05, 0.1) is 71.0 Å². The molecule has 1 aromatic rings. The van der Waals surface area contributed by atoms with Crippen LogP contribution in [-0.2, 0) is 33.2 Å². The molecule has 1 aromatic carbocycles. The van der Waals surface area contributed by atoms with Gasteiger partial charge in [-0.05, 0) is 18.6 Å². The Kier molecular flexibility index (Phi) is 22.2. The van der Waals surface area contributed by atoms with Crippen LogP contribution in [0.1, 0.15) is 51.9 Å². The molecule has 0 aliphatic rings. The lowest BCUT2D eigenvalue weighted by Gasteiger charge is -2.09. The van der Waals surface area contributed by atoms with Gasteiger partial charge in [0, 0.05) is 18.6 Å². The maximum atomic E-state index is 11.6. The van der Waals surface area contributed by atoms with Crippen molar-refractivity contribution in [3.05, 3.63) is 34.4 Å². The summed E-state index contributed by atoms with van der Waals surface area (Å²) in [5.41, 5.74) is 0.0262. The van der Waals surface area contributed by atoms with E-state index in [0.29, 0.717) is 84.8 Å². The molecular weight excluding hydrogens is 498 g/mol. The number of hydrogen-bond acceptors (Lipinski definition) is 10. The second-order valence-corrected chi connectivity index (χ2v) is 8.40. The summed E-state index contributed by atoms with van der Waals surface area (Å²) in [7, 11) is 0. The Morgan fingerprint density at radius 3 is 1.61 bits per heavy atom. The summed E-state index contributed by atoms with van der Waals surface area (Å²) in [5, 5.41) is 10.6. The fourth-order valence-electron chi connectivity index (χ4n) is 3.20. The number of nitro groups is 1. The summed E-state index contributed by atoms with van der Waals surface area (Å²) in [6.45, 7) is 7.22. The van der Waals surface area contributed by atoms with Crippen LogP contribution >= 0.6 is 0 Å². The molecule has 11 heteroatoms. The molecule has 0 fully saturated rings. The SMILES string of the molecule is CCCCCCCCC(=O)OCCOCCOCCOCCOCCOCCOc1ccc([N+](=O)[O-])cc1. The van der Waals surface area contributed by atoms with Crippen LogP contribution in [0.4, 0.5) is 5.69 Å². The lowest BCUT2D eigenvalue weighted by molar-refractivity contribution is -0.384. The van der Waals surface area contributed by atoms with Crippen LogP contribution in [0.25, 0.3) is 0 Å². The highest BCUT2D eigenvalue weighted by molar-refractivity contribution is 5.69. The second-order valence-electron chi connectivity index (χ2n) is 8.40. The van der Waals surface area contributed by atoms with E-state index in [1.54, 1.807) is 12.1 Å². The summed E-state index contributed by atoms with van der Waals surface area (Å²) < 4.78 is 37.7. The van der Waals surface area contributed by atoms with E-state index in [4.69, 9.17) is 33.2 Å². The van der Waals surface area contributed by atoms with E-state index < -0.39 is 4.92 Å². The van der Waals surface area contributed by atoms with E-state index in [9.17, 15) is 14.9 Å². The zero-order chi connectivity index (χ0) is 27.5. The van der Waals surface area contributed by atoms with Gasteiger partial charge in [-0.15, -0.1) is 0 Å². The number of carbonyl (C=O) groups is 1. The highest BCUT2D eigenvalue weighted by Crippen LogP contribution is 2.17. The first kappa shape index (κ1) is 33.7. The third-order valence-electron chi connectivity index (χ3n) is 5.26. The van der Waals surface area contributed by atoms with Crippen molar-refractivity contribution >= 4 is 11.7 Å². The van der Waals surface area contributed by atoms with E-state index in [-0.39, 0.29) is 18.3 Å². The molecule has 0 amide bonds. The zero-order valence-corrected chi connectivity index (χ0v) is 22.8. The minimum absolute atomic E-state index is 0.0262. The first-order chi connectivity index (χ1) is 18.6. The standard InChI is InChI=1S/C27H45NO10/c1-2-3-4-5-6-7-8-27(29)38-24-22-36-20-18-34-16-14-32-13-15-33-17-19-35-21-23-37-26-11-9-25(10-12-26)28(30)31/h9-12H,2-8,13-24H2,1H3. The Morgan fingerprint density at radius 2 is 1.11 bits per heavy atom. The number of nitro benzene ring substituents is 1. The molecule has 0 aromatic heterocycles. The summed E-state index contributed by atoms with van der Waals surface area (Å²) in [4.78, 5) is 21.8. The lowest BCUT2D eigenvalue weighted by atomic mass is 10.1. The van der Waals surface area contributed by atoms with Crippen LogP contribution < -0.4 is 4.74 Å². The Morgan fingerprint density at radius 1 is 0.658 bits per heavy atom. The van der Waals surface area contributed by atoms with Crippen LogP contribution in [0.3, 0.4) is 0 Å². The van der Waals surface area contributed by atoms with Gasteiger partial charge in [0.1, 0.15) is 19.0 Å². The van der Waals surface area contributed by atoms with Crippen LogP contribution in [0.2, 0.25) is 0 Å². The number of hydrogen-bond donors (Lipinski definition) is 0. The first-order valence-corrected chi connectivity index (χ1v) is 13.5. The molecule has 0 spiro atoms. The highest BCUT2D eigenvalue weighted by Gasteiger charge is 2.04. The molecule has 1 rings (SSSR count). The molecule has 0 saturated carbocycles. The van der Waals surface area contributed by atoms with Crippen molar-refractivity contribution in [1.82, 2.24) is 0 Å². The number of unbranched alkanes of at least 4 members (excludes halogenated alkanes) is 5. The summed E-state index contributed by atoms with van der Waals surface area (Å²) >= 11 is 0. The predicted molar refractivity (Wildman–Crippen MR) is 142 cm³/mol. The fraction of sp³-hybridized carbons (Fsp3) is 0.741. The maximum absolute atomic E-state index is 11.6. The van der Waals surface area contributed by atoms with Gasteiger partial charge in [0.15, 0.2) is 0 Å². The van der Waals surface area contributed by atoms with Crippen molar-refractivity contribution in [3.63, 3.8) is 0 Å². The van der Waals surface area contributed by atoms with Crippen molar-refractivity contribution in [2.45, 2.75) is 51.9 Å². The third-order valence-corrected chi connectivity index (χ3v) is 5.26. The largest absolute Gasteiger partial charge is 0.491 e. The Labute approximate surface area is 226 Å². The zero-order valence-electron chi connectivity index (χ0n) is 22.8. The Hall–Kier alpha value is -2.31. The average molecular weight is 544 g/mol. The fourth-order valence-corrected chi connectivity index (χ4v) is 3.20. The van der Waals surface area contributed by atoms with E-state index in [2.05, 4.69) is 6.92 Å². The number of rotatable bonds is 27. The molecule has 0 saturated heterocycles. The molecule has 218 valence electrons. The van der Waals surface area contributed by atoms with E-state index in [1.165, 1.54) is 37.8 Å². The topological polar surface area (TPSA) is 125 Å². The Bertz CT molecular complexity index is 702. The van der Waals surface area contributed by atoms with Gasteiger partial charge in [0.25, 0.3) is 5.69 Å². The van der Waals surface area contributed by atoms with Crippen molar-refractivity contribution < 1.29 is 42.9 Å². The van der Waals surface area contributed by atoms with E-state index in [0.717, 1.165) is 12.8 Å². The predicted octanol–water partition coefficient (Wildman–Crippen LogP) is 4.35. The number of non-ortho nitro benzene ring substituents is 1. The van der Waals surface area contributed by atoms with Gasteiger partial charge < -0.3 is 33.2 Å². The van der Waals surface area contributed by atoms with Crippen molar-refractivity contribution in [1.29, 1.82) is 0 Å². The molecule has 0 aliphatic heterocycles. The number of ether oxygens (including phenoxy) is 7. The minimum Gasteiger partial charge on any atom is -0.491 e. The smallest absolute Gasteiger partial charge is 0.305 e. The summed E-state index contributed by atoms with van der Waals surface area (Å²) in [5.74, 6) is 0.404. The van der Waals surface area contributed by atoms with Crippen molar-refractivity contribution in [2.24, 2.45) is 0 Å². The summed E-state index contributed by atoms with van der Waals surface area (Å²) in [6, 6.07) is 5.90. The first-order valence-electron chi connectivity index (χ1n) is 13.5. The average Bonchev–Trinajstić information content (AvgIpc) is 2.92. The van der Waals surface area contributed by atoms with Gasteiger partial charge in [0.2, 0.25) is 0 Å². The monoisotopic (exact) mass is 543 g/mol. The molecule has 0 radical (unpaired) electrons. The van der Waals surface area contributed by atoms with Gasteiger partial charge in [-0.3, -0.25) is 14.9 Å². The molecule has 38 heavy (non-hydrogen) atoms. The van der Waals surface area contributed by atoms with Gasteiger partial charge >= 0.3 is 5.97 Å². The van der Waals surface area contributed by atoms with Crippen LogP contribution in [-0.4, -0.2) is 90.2 Å². The molecule has 0 bridgehead atoms. The molecule has 0 N–H and O–H groups in total. The minimum atomic E-state index is -0.453. The maximum Gasteiger partial charge on any atom is 0.305 e. The van der Waals surface area contributed by atoms with Gasteiger partial charge in [-0.2, -0.15) is 0 Å². The van der Waals surface area contributed by atoms with Crippen molar-refractivity contribution in [3.8, 4) is 5.75 Å². The Balaban J connectivity index is 1.73. The molecule has 11 nitrogen and oxygen atoms in total. The van der Waals surface area contributed by atoms with E-state index in [1.807, 2.05) is 0 Å². The number of esters is 1. The van der Waals surface area contributed by atoms with Crippen molar-refractivity contribution in [2.75, 3.05) is 79.3 Å². The lowest BCUT2D eigenvalue weighted by Crippen LogP contribution is -2.15. The third kappa shape index (κ3) is 20.7. The van der Waals surface area contributed by atoms with Gasteiger partial charge in [-0.1, -0.05) is 39.0 Å². The van der Waals surface area contributed by atoms with Crippen LogP contribution in [0.5, 0.6) is 5.75 Å². The molecule has 0 heterocycles.